The molecule has 1 aromatic heterocycles. The van der Waals surface area contributed by atoms with Gasteiger partial charge in [0.05, 0.1) is 17.2 Å². The first kappa shape index (κ1) is 14.1. The van der Waals surface area contributed by atoms with Crippen molar-refractivity contribution in [3.05, 3.63) is 10.6 Å². The molecule has 0 amide bonds. The molecule has 96 valence electrons. The van der Waals surface area contributed by atoms with Gasteiger partial charge < -0.3 is 9.64 Å². The SMILES string of the molecule is CCC(C)N(CC)c1nc(COC)c(C=O)s1. The molecule has 0 radical (unpaired) electrons. The van der Waals surface area contributed by atoms with E-state index in [1.54, 1.807) is 7.11 Å². The van der Waals surface area contributed by atoms with Gasteiger partial charge in [0.15, 0.2) is 11.4 Å². The van der Waals surface area contributed by atoms with Crippen LogP contribution in [0.4, 0.5) is 5.13 Å². The molecule has 0 saturated heterocycles. The molecule has 0 N–H and O–H groups in total. The highest BCUT2D eigenvalue weighted by atomic mass is 32.1. The van der Waals surface area contributed by atoms with Gasteiger partial charge in [-0.3, -0.25) is 4.79 Å². The van der Waals surface area contributed by atoms with E-state index < -0.39 is 0 Å². The minimum Gasteiger partial charge on any atom is -0.378 e. The predicted octanol–water partition coefficient (Wildman–Crippen LogP) is 2.73. The second kappa shape index (κ2) is 6.71. The van der Waals surface area contributed by atoms with Crippen LogP contribution in [-0.2, 0) is 11.3 Å². The van der Waals surface area contributed by atoms with Crippen LogP contribution < -0.4 is 4.90 Å². The van der Waals surface area contributed by atoms with Crippen molar-refractivity contribution in [2.45, 2.75) is 39.8 Å². The van der Waals surface area contributed by atoms with Gasteiger partial charge in [-0.2, -0.15) is 0 Å². The van der Waals surface area contributed by atoms with Gasteiger partial charge in [0.2, 0.25) is 0 Å². The van der Waals surface area contributed by atoms with Crippen molar-refractivity contribution < 1.29 is 9.53 Å². The normalized spacial score (nSPS) is 12.5. The average Bonchev–Trinajstić information content (AvgIpc) is 2.73. The number of hydrogen-bond donors (Lipinski definition) is 0. The summed E-state index contributed by atoms with van der Waals surface area (Å²) in [6.45, 7) is 7.71. The summed E-state index contributed by atoms with van der Waals surface area (Å²) >= 11 is 1.44. The maximum absolute atomic E-state index is 11.0. The van der Waals surface area contributed by atoms with E-state index in [0.29, 0.717) is 17.5 Å². The van der Waals surface area contributed by atoms with E-state index in [2.05, 4.69) is 30.7 Å². The van der Waals surface area contributed by atoms with E-state index in [4.69, 9.17) is 4.74 Å². The van der Waals surface area contributed by atoms with Crippen LogP contribution in [0.3, 0.4) is 0 Å². The molecule has 17 heavy (non-hydrogen) atoms. The molecule has 1 heterocycles. The number of hydrogen-bond acceptors (Lipinski definition) is 5. The van der Waals surface area contributed by atoms with Crippen LogP contribution in [-0.4, -0.2) is 31.0 Å². The van der Waals surface area contributed by atoms with E-state index in [1.165, 1.54) is 11.3 Å². The topological polar surface area (TPSA) is 42.4 Å². The fourth-order valence-electron chi connectivity index (χ4n) is 1.66. The van der Waals surface area contributed by atoms with Crippen LogP contribution in [0.15, 0.2) is 0 Å². The summed E-state index contributed by atoms with van der Waals surface area (Å²) in [6.07, 6.45) is 1.92. The number of thiazole rings is 1. The lowest BCUT2D eigenvalue weighted by atomic mass is 10.2. The third-order valence-electron chi connectivity index (χ3n) is 2.81. The highest BCUT2D eigenvalue weighted by Crippen LogP contribution is 2.27. The fraction of sp³-hybridized carbons (Fsp3) is 0.667. The van der Waals surface area contributed by atoms with Gasteiger partial charge in [0, 0.05) is 19.7 Å². The number of methoxy groups -OCH3 is 1. The predicted molar refractivity (Wildman–Crippen MR) is 71.0 cm³/mol. The molecule has 0 aliphatic carbocycles. The van der Waals surface area contributed by atoms with Gasteiger partial charge >= 0.3 is 0 Å². The van der Waals surface area contributed by atoms with Gasteiger partial charge in [-0.15, -0.1) is 0 Å². The fourth-order valence-corrected chi connectivity index (χ4v) is 2.71. The molecule has 0 aliphatic heterocycles. The first-order chi connectivity index (χ1) is 8.17. The van der Waals surface area contributed by atoms with Crippen molar-refractivity contribution in [3.63, 3.8) is 0 Å². The molecule has 0 fully saturated rings. The van der Waals surface area contributed by atoms with Gasteiger partial charge in [0.25, 0.3) is 0 Å². The van der Waals surface area contributed by atoms with Crippen LogP contribution in [0.2, 0.25) is 0 Å². The highest BCUT2D eigenvalue weighted by Gasteiger charge is 2.18. The van der Waals surface area contributed by atoms with E-state index in [0.717, 1.165) is 30.1 Å². The monoisotopic (exact) mass is 256 g/mol. The van der Waals surface area contributed by atoms with Crippen LogP contribution in [0, 0.1) is 0 Å². The molecule has 0 aliphatic rings. The summed E-state index contributed by atoms with van der Waals surface area (Å²) in [5.74, 6) is 0. The highest BCUT2D eigenvalue weighted by molar-refractivity contribution is 7.17. The molecule has 1 aromatic rings. The summed E-state index contributed by atoms with van der Waals surface area (Å²) < 4.78 is 5.05. The zero-order valence-electron chi connectivity index (χ0n) is 10.9. The number of aromatic nitrogens is 1. The van der Waals surface area contributed by atoms with E-state index >= 15 is 0 Å². The molecule has 1 rings (SSSR count). The minimum absolute atomic E-state index is 0.392. The number of ether oxygens (including phenoxy) is 1. The standard InChI is InChI=1S/C12H20N2O2S/c1-5-9(3)14(6-2)12-13-10(8-16-4)11(7-15)17-12/h7,9H,5-6,8H2,1-4H3. The van der Waals surface area contributed by atoms with Crippen molar-refractivity contribution >= 4 is 22.8 Å². The third kappa shape index (κ3) is 3.26. The number of carbonyl (C=O) groups excluding carboxylic acids is 1. The second-order valence-electron chi connectivity index (χ2n) is 3.90. The Morgan fingerprint density at radius 2 is 2.24 bits per heavy atom. The number of anilines is 1. The zero-order chi connectivity index (χ0) is 12.8. The number of aldehydes is 1. The Hall–Kier alpha value is -0.940. The molecular weight excluding hydrogens is 236 g/mol. The van der Waals surface area contributed by atoms with Gasteiger partial charge in [-0.25, -0.2) is 4.98 Å². The molecule has 4 nitrogen and oxygen atoms in total. The maximum Gasteiger partial charge on any atom is 0.186 e. The number of carbonyl (C=O) groups is 1. The molecule has 0 saturated carbocycles. The lowest BCUT2D eigenvalue weighted by Gasteiger charge is -2.26. The largest absolute Gasteiger partial charge is 0.378 e. The number of nitrogens with zero attached hydrogens (tertiary/aromatic N) is 2. The maximum atomic E-state index is 11.0. The molecule has 5 heteroatoms. The summed E-state index contributed by atoms with van der Waals surface area (Å²) in [7, 11) is 1.61. The molecule has 1 atom stereocenters. The summed E-state index contributed by atoms with van der Waals surface area (Å²) in [5, 5.41) is 0.913. The first-order valence-electron chi connectivity index (χ1n) is 5.88. The molecule has 0 spiro atoms. The quantitative estimate of drug-likeness (QED) is 0.703. The van der Waals surface area contributed by atoms with Crippen LogP contribution in [0.5, 0.6) is 0 Å². The lowest BCUT2D eigenvalue weighted by molar-refractivity contribution is 0.112. The summed E-state index contributed by atoms with van der Waals surface area (Å²) in [4.78, 5) is 18.4. The molecular formula is C12H20N2O2S. The second-order valence-corrected chi connectivity index (χ2v) is 4.91. The smallest absolute Gasteiger partial charge is 0.186 e. The Kier molecular flexibility index (Phi) is 5.58. The Morgan fingerprint density at radius 3 is 2.71 bits per heavy atom. The molecule has 1 unspecified atom stereocenters. The van der Waals surface area contributed by atoms with Crippen LogP contribution in [0.25, 0.3) is 0 Å². The van der Waals surface area contributed by atoms with Crippen LogP contribution >= 0.6 is 11.3 Å². The first-order valence-corrected chi connectivity index (χ1v) is 6.69. The van der Waals surface area contributed by atoms with E-state index in [9.17, 15) is 4.79 Å². The minimum atomic E-state index is 0.392. The van der Waals surface area contributed by atoms with Crippen molar-refractivity contribution in [1.82, 2.24) is 4.98 Å². The number of rotatable bonds is 7. The van der Waals surface area contributed by atoms with E-state index in [-0.39, 0.29) is 0 Å². The van der Waals surface area contributed by atoms with E-state index in [1.807, 2.05) is 0 Å². The van der Waals surface area contributed by atoms with Crippen molar-refractivity contribution in [1.29, 1.82) is 0 Å². The van der Waals surface area contributed by atoms with Gasteiger partial charge in [-0.05, 0) is 20.3 Å². The molecule has 0 bridgehead atoms. The Balaban J connectivity index is 3.00. The van der Waals surface area contributed by atoms with Crippen molar-refractivity contribution in [3.8, 4) is 0 Å². The van der Waals surface area contributed by atoms with Gasteiger partial charge in [0.1, 0.15) is 0 Å². The molecule has 0 aromatic carbocycles. The lowest BCUT2D eigenvalue weighted by Crippen LogP contribution is -2.32. The van der Waals surface area contributed by atoms with Gasteiger partial charge in [-0.1, -0.05) is 18.3 Å². The van der Waals surface area contributed by atoms with Crippen LogP contribution in [0.1, 0.15) is 42.6 Å². The Morgan fingerprint density at radius 1 is 1.53 bits per heavy atom. The summed E-state index contributed by atoms with van der Waals surface area (Å²) in [6, 6.07) is 0.432. The third-order valence-corrected chi connectivity index (χ3v) is 3.87. The average molecular weight is 256 g/mol. The van der Waals surface area contributed by atoms with Crippen molar-refractivity contribution in [2.75, 3.05) is 18.6 Å². The Bertz CT molecular complexity index is 365. The van der Waals surface area contributed by atoms with Crippen molar-refractivity contribution in [2.24, 2.45) is 0 Å². The zero-order valence-corrected chi connectivity index (χ0v) is 11.7. The Labute approximate surface area is 107 Å². The summed E-state index contributed by atoms with van der Waals surface area (Å²) in [5.41, 5.74) is 0.740.